The van der Waals surface area contributed by atoms with E-state index in [2.05, 4.69) is 45.2 Å². The highest BCUT2D eigenvalue weighted by atomic mass is 16.1. The molecule has 2 aromatic rings. The zero-order chi connectivity index (χ0) is 17.2. The Hall–Kier alpha value is -1.81. The van der Waals surface area contributed by atoms with Gasteiger partial charge >= 0.3 is 0 Å². The number of likely N-dealkylation sites (N-methyl/N-ethyl adjacent to an activating group) is 1. The summed E-state index contributed by atoms with van der Waals surface area (Å²) in [6, 6.07) is 9.78. The molecule has 0 radical (unpaired) electrons. The number of hydrogen-bond acceptors (Lipinski definition) is 2. The lowest BCUT2D eigenvalue weighted by Crippen LogP contribution is -2.41. The molecule has 25 heavy (non-hydrogen) atoms. The Morgan fingerprint density at radius 3 is 2.56 bits per heavy atom. The van der Waals surface area contributed by atoms with E-state index in [4.69, 9.17) is 0 Å². The molecular formula is C21H29N3O. The first kappa shape index (κ1) is 16.6. The number of carbonyl (C=O) groups excluding carboxylic acids is 1. The molecule has 4 heteroatoms. The molecule has 1 aromatic heterocycles. The van der Waals surface area contributed by atoms with Gasteiger partial charge in [-0.2, -0.15) is 0 Å². The maximum Gasteiger partial charge on any atom is 0.224 e. The van der Waals surface area contributed by atoms with Crippen LogP contribution in [0, 0.1) is 0 Å². The Morgan fingerprint density at radius 2 is 1.80 bits per heavy atom. The third-order valence-corrected chi connectivity index (χ3v) is 6.11. The van der Waals surface area contributed by atoms with Crippen LogP contribution >= 0.6 is 0 Å². The number of benzene rings is 1. The molecule has 1 amide bonds. The van der Waals surface area contributed by atoms with Crippen LogP contribution < -0.4 is 5.32 Å². The first-order valence-electron chi connectivity index (χ1n) is 9.81. The van der Waals surface area contributed by atoms with Crippen molar-refractivity contribution in [2.75, 3.05) is 20.1 Å². The molecule has 4 nitrogen and oxygen atoms in total. The van der Waals surface area contributed by atoms with Gasteiger partial charge in [0.15, 0.2) is 0 Å². The van der Waals surface area contributed by atoms with Crippen LogP contribution in [0.3, 0.4) is 0 Å². The van der Waals surface area contributed by atoms with Crippen LogP contribution in [0.5, 0.6) is 0 Å². The van der Waals surface area contributed by atoms with Crippen LogP contribution in [-0.2, 0) is 11.2 Å². The average molecular weight is 339 g/mol. The number of nitrogens with zero attached hydrogens (tertiary/aromatic N) is 2. The highest BCUT2D eigenvalue weighted by Crippen LogP contribution is 2.37. The maximum atomic E-state index is 12.0. The molecule has 1 saturated carbocycles. The molecule has 0 bridgehead atoms. The van der Waals surface area contributed by atoms with E-state index in [1.807, 2.05) is 0 Å². The lowest BCUT2D eigenvalue weighted by molar-refractivity contribution is -0.119. The minimum atomic E-state index is 0.0858. The first-order valence-corrected chi connectivity index (χ1v) is 9.81. The van der Waals surface area contributed by atoms with Crippen molar-refractivity contribution in [3.8, 4) is 0 Å². The molecule has 2 unspecified atom stereocenters. The molecule has 2 aliphatic rings. The summed E-state index contributed by atoms with van der Waals surface area (Å²) < 4.78 is 2.50. The van der Waals surface area contributed by atoms with E-state index in [0.717, 1.165) is 5.56 Å². The summed E-state index contributed by atoms with van der Waals surface area (Å²) in [6.45, 7) is 2.51. The number of nitrogens with one attached hydrogen (secondary N) is 1. The second-order valence-corrected chi connectivity index (χ2v) is 7.59. The highest BCUT2D eigenvalue weighted by molar-refractivity contribution is 5.89. The molecule has 1 saturated heterocycles. The third-order valence-electron chi connectivity index (χ3n) is 6.11. The fourth-order valence-electron chi connectivity index (χ4n) is 4.87. The molecule has 4 rings (SSSR count). The number of carbonyl (C=O) groups is 1. The van der Waals surface area contributed by atoms with Crippen LogP contribution in [0.2, 0.25) is 0 Å². The van der Waals surface area contributed by atoms with Gasteiger partial charge in [-0.3, -0.25) is 9.69 Å². The van der Waals surface area contributed by atoms with E-state index in [0.29, 0.717) is 18.5 Å². The molecule has 134 valence electrons. The molecule has 1 aliphatic heterocycles. The van der Waals surface area contributed by atoms with Crippen molar-refractivity contribution in [2.45, 2.75) is 57.0 Å². The molecule has 1 aromatic carbocycles. The lowest BCUT2D eigenvalue weighted by atomic mass is 9.89. The second-order valence-electron chi connectivity index (χ2n) is 7.59. The van der Waals surface area contributed by atoms with Crippen LogP contribution in [0.1, 0.15) is 50.1 Å². The van der Waals surface area contributed by atoms with Gasteiger partial charge in [-0.1, -0.05) is 31.0 Å². The number of hydrogen-bond donors (Lipinski definition) is 1. The van der Waals surface area contributed by atoms with Crippen molar-refractivity contribution >= 4 is 16.8 Å². The Balaban J connectivity index is 1.72. The number of likely N-dealkylation sites (tertiary alicyclic amines) is 1. The summed E-state index contributed by atoms with van der Waals surface area (Å²) in [6.07, 6.45) is 10.6. The minimum absolute atomic E-state index is 0.0858. The van der Waals surface area contributed by atoms with Crippen molar-refractivity contribution in [1.29, 1.82) is 0 Å². The largest absolute Gasteiger partial charge is 0.359 e. The summed E-state index contributed by atoms with van der Waals surface area (Å²) in [5.74, 6) is 0.0858. The van der Waals surface area contributed by atoms with Crippen molar-refractivity contribution in [1.82, 2.24) is 14.8 Å². The van der Waals surface area contributed by atoms with Gasteiger partial charge in [0, 0.05) is 36.2 Å². The second kappa shape index (κ2) is 7.20. The van der Waals surface area contributed by atoms with Crippen LogP contribution in [0.4, 0.5) is 0 Å². The van der Waals surface area contributed by atoms with Gasteiger partial charge in [0.2, 0.25) is 5.91 Å². The Bertz CT molecular complexity index is 745. The fraction of sp³-hybridized carbons (Fsp3) is 0.571. The third kappa shape index (κ3) is 3.20. The number of para-hydroxylation sites is 1. The normalized spacial score (nSPS) is 24.7. The summed E-state index contributed by atoms with van der Waals surface area (Å²) >= 11 is 0. The van der Waals surface area contributed by atoms with E-state index in [-0.39, 0.29) is 5.91 Å². The minimum Gasteiger partial charge on any atom is -0.359 e. The van der Waals surface area contributed by atoms with Gasteiger partial charge in [-0.25, -0.2) is 0 Å². The Kier molecular flexibility index (Phi) is 4.80. The maximum absolute atomic E-state index is 12.0. The first-order chi connectivity index (χ1) is 12.3. The Labute approximate surface area is 150 Å². The number of rotatable bonds is 4. The molecule has 1 N–H and O–H groups in total. The molecular weight excluding hydrogens is 310 g/mol. The van der Waals surface area contributed by atoms with Crippen molar-refractivity contribution in [2.24, 2.45) is 0 Å². The van der Waals surface area contributed by atoms with E-state index >= 15 is 0 Å². The molecule has 2 heterocycles. The standard InChI is InChI=1S/C21H29N3O/c1-22-21(25)14-16-15-24(18-9-3-2-8-17(16)18)20-11-5-4-10-19(20)23-12-6-7-13-23/h2-3,8-9,15,19-20H,4-7,10-14H2,1H3,(H,22,25). The van der Waals surface area contributed by atoms with E-state index in [1.54, 1.807) is 7.05 Å². The predicted molar refractivity (Wildman–Crippen MR) is 102 cm³/mol. The van der Waals surface area contributed by atoms with Gasteiger partial charge in [0.05, 0.1) is 6.42 Å². The van der Waals surface area contributed by atoms with Crippen LogP contribution in [0.15, 0.2) is 30.5 Å². The van der Waals surface area contributed by atoms with E-state index in [9.17, 15) is 4.79 Å². The smallest absolute Gasteiger partial charge is 0.224 e. The zero-order valence-electron chi connectivity index (χ0n) is 15.2. The summed E-state index contributed by atoms with van der Waals surface area (Å²) in [4.78, 5) is 14.7. The number of aromatic nitrogens is 1. The molecule has 2 fully saturated rings. The Morgan fingerprint density at radius 1 is 1.08 bits per heavy atom. The molecule has 1 aliphatic carbocycles. The van der Waals surface area contributed by atoms with Gasteiger partial charge in [0.1, 0.15) is 0 Å². The summed E-state index contributed by atoms with van der Waals surface area (Å²) in [5, 5.41) is 4.00. The van der Waals surface area contributed by atoms with Crippen molar-refractivity contribution in [3.63, 3.8) is 0 Å². The monoisotopic (exact) mass is 339 g/mol. The fourth-order valence-corrected chi connectivity index (χ4v) is 4.87. The van der Waals surface area contributed by atoms with Gasteiger partial charge < -0.3 is 9.88 Å². The molecule has 2 atom stereocenters. The van der Waals surface area contributed by atoms with Gasteiger partial charge in [-0.15, -0.1) is 0 Å². The van der Waals surface area contributed by atoms with Crippen LogP contribution in [0.25, 0.3) is 10.9 Å². The van der Waals surface area contributed by atoms with E-state index in [1.165, 1.54) is 62.5 Å². The number of amides is 1. The van der Waals surface area contributed by atoms with Crippen molar-refractivity contribution < 1.29 is 4.79 Å². The van der Waals surface area contributed by atoms with Gasteiger partial charge in [-0.05, 0) is 50.4 Å². The quantitative estimate of drug-likeness (QED) is 0.925. The SMILES string of the molecule is CNC(=O)Cc1cn(C2CCCCC2N2CCCC2)c2ccccc12. The number of fused-ring (bicyclic) bond motifs is 1. The molecule has 0 spiro atoms. The van der Waals surface area contributed by atoms with E-state index < -0.39 is 0 Å². The average Bonchev–Trinajstić information content (AvgIpc) is 3.30. The van der Waals surface area contributed by atoms with Crippen molar-refractivity contribution in [3.05, 3.63) is 36.0 Å². The topological polar surface area (TPSA) is 37.3 Å². The summed E-state index contributed by atoms with van der Waals surface area (Å²) in [7, 11) is 1.71. The highest BCUT2D eigenvalue weighted by Gasteiger charge is 2.33. The predicted octanol–water partition coefficient (Wildman–Crippen LogP) is 3.51. The van der Waals surface area contributed by atoms with Gasteiger partial charge in [0.25, 0.3) is 0 Å². The zero-order valence-corrected chi connectivity index (χ0v) is 15.2. The lowest BCUT2D eigenvalue weighted by Gasteiger charge is -2.39. The van der Waals surface area contributed by atoms with Crippen LogP contribution in [-0.4, -0.2) is 41.6 Å². The summed E-state index contributed by atoms with van der Waals surface area (Å²) in [5.41, 5.74) is 2.44.